The van der Waals surface area contributed by atoms with E-state index in [-0.39, 0.29) is 24.4 Å². The van der Waals surface area contributed by atoms with E-state index in [0.717, 1.165) is 11.5 Å². The zero-order chi connectivity index (χ0) is 13.8. The first-order chi connectivity index (χ1) is 9.11. The van der Waals surface area contributed by atoms with Crippen molar-refractivity contribution in [3.63, 3.8) is 0 Å². The molecule has 0 saturated carbocycles. The van der Waals surface area contributed by atoms with E-state index in [9.17, 15) is 4.79 Å². The molecular weight excluding hydrogens is 280 g/mol. The Bertz CT molecular complexity index is 454. The Hall–Kier alpha value is -1.46. The number of likely N-dealkylation sites (N-methyl/N-ethyl adjacent to an activating group) is 1. The first-order valence-electron chi connectivity index (χ1n) is 6.54. The van der Waals surface area contributed by atoms with E-state index in [1.165, 1.54) is 0 Å². The van der Waals surface area contributed by atoms with Crippen LogP contribution in [0.4, 0.5) is 0 Å². The quantitative estimate of drug-likeness (QED) is 0.914. The second-order valence-corrected chi connectivity index (χ2v) is 4.66. The van der Waals surface area contributed by atoms with Gasteiger partial charge in [-0.15, -0.1) is 12.4 Å². The summed E-state index contributed by atoms with van der Waals surface area (Å²) in [5.74, 6) is 1.41. The predicted molar refractivity (Wildman–Crippen MR) is 79.5 cm³/mol. The van der Waals surface area contributed by atoms with Crippen LogP contribution >= 0.6 is 12.4 Å². The number of amides is 1. The van der Waals surface area contributed by atoms with Gasteiger partial charge in [0.25, 0.3) is 0 Å². The fourth-order valence-electron chi connectivity index (χ4n) is 2.06. The number of carbonyl (C=O) groups is 1. The minimum atomic E-state index is -0.489. The highest BCUT2D eigenvalue weighted by molar-refractivity contribution is 5.85. The molecule has 2 N–H and O–H groups in total. The van der Waals surface area contributed by atoms with Crippen molar-refractivity contribution in [1.29, 1.82) is 0 Å². The first-order valence-corrected chi connectivity index (χ1v) is 6.54. The standard InChI is InChI=1S/C14H20N2O3.ClH/c1-3-16(14(17)10(2)15)8-11-9-18-12-6-4-5-7-13(12)19-11;/h4-7,10-11H,3,8-9,15H2,1-2H3;1H/t10-,11?;/m1./s1. The summed E-state index contributed by atoms with van der Waals surface area (Å²) in [6.07, 6.45) is -0.155. The van der Waals surface area contributed by atoms with Gasteiger partial charge in [-0.05, 0) is 26.0 Å². The van der Waals surface area contributed by atoms with E-state index in [4.69, 9.17) is 15.2 Å². The van der Waals surface area contributed by atoms with Crippen molar-refractivity contribution in [2.45, 2.75) is 26.0 Å². The summed E-state index contributed by atoms with van der Waals surface area (Å²) in [5, 5.41) is 0. The predicted octanol–water partition coefficient (Wildman–Crippen LogP) is 1.44. The fraction of sp³-hybridized carbons (Fsp3) is 0.500. The lowest BCUT2D eigenvalue weighted by Crippen LogP contribution is -2.48. The molecule has 1 amide bonds. The number of halogens is 1. The zero-order valence-electron chi connectivity index (χ0n) is 11.7. The SMILES string of the molecule is CCN(CC1COc2ccccc2O1)C(=O)[C@@H](C)N.Cl. The van der Waals surface area contributed by atoms with Crippen LogP contribution in [-0.2, 0) is 4.79 Å². The summed E-state index contributed by atoms with van der Waals surface area (Å²) < 4.78 is 11.5. The highest BCUT2D eigenvalue weighted by Gasteiger charge is 2.25. The van der Waals surface area contributed by atoms with Crippen LogP contribution in [0.25, 0.3) is 0 Å². The highest BCUT2D eigenvalue weighted by atomic mass is 35.5. The van der Waals surface area contributed by atoms with Gasteiger partial charge in [0.1, 0.15) is 6.61 Å². The van der Waals surface area contributed by atoms with Gasteiger partial charge >= 0.3 is 0 Å². The highest BCUT2D eigenvalue weighted by Crippen LogP contribution is 2.30. The second-order valence-electron chi connectivity index (χ2n) is 4.66. The summed E-state index contributed by atoms with van der Waals surface area (Å²) in [6.45, 7) is 5.17. The normalized spacial score (nSPS) is 17.9. The molecule has 1 aliphatic rings. The Morgan fingerprint density at radius 3 is 2.70 bits per heavy atom. The molecule has 1 heterocycles. The van der Waals surface area contributed by atoms with E-state index in [0.29, 0.717) is 19.7 Å². The van der Waals surface area contributed by atoms with Crippen LogP contribution < -0.4 is 15.2 Å². The molecule has 0 saturated heterocycles. The Labute approximate surface area is 125 Å². The van der Waals surface area contributed by atoms with E-state index in [1.54, 1.807) is 11.8 Å². The van der Waals surface area contributed by atoms with Gasteiger partial charge in [-0.1, -0.05) is 12.1 Å². The molecule has 20 heavy (non-hydrogen) atoms. The Morgan fingerprint density at radius 1 is 1.45 bits per heavy atom. The molecule has 0 fully saturated rings. The molecule has 112 valence electrons. The number of nitrogens with zero attached hydrogens (tertiary/aromatic N) is 1. The molecule has 0 aliphatic carbocycles. The largest absolute Gasteiger partial charge is 0.486 e. The number of benzene rings is 1. The molecular formula is C14H21ClN2O3. The summed E-state index contributed by atoms with van der Waals surface area (Å²) in [4.78, 5) is 13.6. The van der Waals surface area contributed by atoms with Gasteiger partial charge < -0.3 is 20.1 Å². The zero-order valence-corrected chi connectivity index (χ0v) is 12.6. The maximum absolute atomic E-state index is 11.9. The number of fused-ring (bicyclic) bond motifs is 1. The lowest BCUT2D eigenvalue weighted by atomic mass is 10.2. The Balaban J connectivity index is 0.00000200. The monoisotopic (exact) mass is 300 g/mol. The average molecular weight is 301 g/mol. The Morgan fingerprint density at radius 2 is 2.10 bits per heavy atom. The number of ether oxygens (including phenoxy) is 2. The van der Waals surface area contributed by atoms with Gasteiger partial charge in [-0.25, -0.2) is 0 Å². The number of hydrogen-bond acceptors (Lipinski definition) is 4. The molecule has 2 rings (SSSR count). The maximum Gasteiger partial charge on any atom is 0.239 e. The molecule has 1 aromatic rings. The van der Waals surface area contributed by atoms with Crippen molar-refractivity contribution in [2.24, 2.45) is 5.73 Å². The number of rotatable bonds is 4. The van der Waals surface area contributed by atoms with Crippen LogP contribution in [0, 0.1) is 0 Å². The first kappa shape index (κ1) is 16.6. The number of para-hydroxylation sites is 2. The van der Waals surface area contributed by atoms with Crippen molar-refractivity contribution < 1.29 is 14.3 Å². The third kappa shape index (κ3) is 3.77. The fourth-order valence-corrected chi connectivity index (χ4v) is 2.06. The van der Waals surface area contributed by atoms with Gasteiger partial charge in [0, 0.05) is 6.54 Å². The van der Waals surface area contributed by atoms with Crippen molar-refractivity contribution in [3.05, 3.63) is 24.3 Å². The third-order valence-electron chi connectivity index (χ3n) is 3.07. The smallest absolute Gasteiger partial charge is 0.239 e. The Kier molecular flexibility index (Phi) is 6.10. The summed E-state index contributed by atoms with van der Waals surface area (Å²) >= 11 is 0. The van der Waals surface area contributed by atoms with Crippen molar-refractivity contribution >= 4 is 18.3 Å². The van der Waals surface area contributed by atoms with Gasteiger partial charge in [-0.3, -0.25) is 4.79 Å². The van der Waals surface area contributed by atoms with Crippen LogP contribution in [0.2, 0.25) is 0 Å². The number of hydrogen-bond donors (Lipinski definition) is 1. The van der Waals surface area contributed by atoms with Gasteiger partial charge in [0.15, 0.2) is 17.6 Å². The lowest BCUT2D eigenvalue weighted by Gasteiger charge is -2.31. The molecule has 6 heteroatoms. The molecule has 2 atom stereocenters. The van der Waals surface area contributed by atoms with Crippen molar-refractivity contribution in [2.75, 3.05) is 19.7 Å². The van der Waals surface area contributed by atoms with E-state index in [2.05, 4.69) is 0 Å². The molecule has 0 radical (unpaired) electrons. The molecule has 1 aliphatic heterocycles. The molecule has 0 spiro atoms. The van der Waals surface area contributed by atoms with Gasteiger partial charge in [0.05, 0.1) is 12.6 Å². The molecule has 1 aromatic carbocycles. The molecule has 0 aromatic heterocycles. The summed E-state index contributed by atoms with van der Waals surface area (Å²) in [5.41, 5.74) is 5.63. The van der Waals surface area contributed by atoms with E-state index >= 15 is 0 Å². The van der Waals surface area contributed by atoms with Crippen LogP contribution in [0.15, 0.2) is 24.3 Å². The summed E-state index contributed by atoms with van der Waals surface area (Å²) in [7, 11) is 0. The second kappa shape index (κ2) is 7.36. The van der Waals surface area contributed by atoms with E-state index < -0.39 is 6.04 Å². The number of nitrogens with two attached hydrogens (primary N) is 1. The summed E-state index contributed by atoms with van der Waals surface area (Å²) in [6, 6.07) is 7.05. The van der Waals surface area contributed by atoms with Crippen LogP contribution in [0.3, 0.4) is 0 Å². The third-order valence-corrected chi connectivity index (χ3v) is 3.07. The minimum absolute atomic E-state index is 0. The van der Waals surface area contributed by atoms with Crippen LogP contribution in [0.1, 0.15) is 13.8 Å². The lowest BCUT2D eigenvalue weighted by molar-refractivity contribution is -0.133. The number of carbonyl (C=O) groups excluding carboxylic acids is 1. The van der Waals surface area contributed by atoms with Gasteiger partial charge in [-0.2, -0.15) is 0 Å². The minimum Gasteiger partial charge on any atom is -0.486 e. The molecule has 0 bridgehead atoms. The van der Waals surface area contributed by atoms with E-state index in [1.807, 2.05) is 31.2 Å². The molecule has 5 nitrogen and oxygen atoms in total. The van der Waals surface area contributed by atoms with Crippen LogP contribution in [0.5, 0.6) is 11.5 Å². The topological polar surface area (TPSA) is 64.8 Å². The molecule has 1 unspecified atom stereocenters. The maximum atomic E-state index is 11.9. The van der Waals surface area contributed by atoms with Crippen LogP contribution in [-0.4, -0.2) is 42.6 Å². The van der Waals surface area contributed by atoms with Crippen molar-refractivity contribution in [3.8, 4) is 11.5 Å². The average Bonchev–Trinajstić information content (AvgIpc) is 2.43. The van der Waals surface area contributed by atoms with Crippen molar-refractivity contribution in [1.82, 2.24) is 4.90 Å². The van der Waals surface area contributed by atoms with Gasteiger partial charge in [0.2, 0.25) is 5.91 Å².